The first-order valence-corrected chi connectivity index (χ1v) is 9.93. The monoisotopic (exact) mass is 346 g/mol. The molecule has 8 heteroatoms. The van der Waals surface area contributed by atoms with Crippen LogP contribution in [0, 0.1) is 17.3 Å². The van der Waals surface area contributed by atoms with Gasteiger partial charge in [-0.2, -0.15) is 8.42 Å². The molecular formula is C15H26N2O5S. The van der Waals surface area contributed by atoms with E-state index in [-0.39, 0.29) is 16.7 Å². The summed E-state index contributed by atoms with van der Waals surface area (Å²) in [5.41, 5.74) is 5.60. The fourth-order valence-electron chi connectivity index (χ4n) is 5.77. The fourth-order valence-corrected chi connectivity index (χ4v) is 6.28. The molecule has 5 N–H and O–H groups in total. The lowest BCUT2D eigenvalue weighted by Crippen LogP contribution is -2.66. The summed E-state index contributed by atoms with van der Waals surface area (Å²) in [4.78, 5) is 11.5. The molecule has 0 radical (unpaired) electrons. The highest BCUT2D eigenvalue weighted by molar-refractivity contribution is 7.85. The van der Waals surface area contributed by atoms with Crippen molar-refractivity contribution in [3.8, 4) is 0 Å². The van der Waals surface area contributed by atoms with E-state index in [1.54, 1.807) is 0 Å². The number of carboxylic acid groups (broad SMARTS) is 1. The van der Waals surface area contributed by atoms with Crippen molar-refractivity contribution in [2.45, 2.75) is 56.5 Å². The lowest BCUT2D eigenvalue weighted by molar-refractivity contribution is -0.151. The summed E-state index contributed by atoms with van der Waals surface area (Å²) < 4.78 is 30.4. The number of rotatable bonds is 7. The number of aliphatic carboxylic acids is 1. The molecule has 0 amide bonds. The van der Waals surface area contributed by atoms with Crippen LogP contribution < -0.4 is 11.1 Å². The Morgan fingerprint density at radius 2 is 1.87 bits per heavy atom. The maximum Gasteiger partial charge on any atom is 0.321 e. The fraction of sp³-hybridized carbons (Fsp3) is 0.933. The Balaban J connectivity index is 1.69. The van der Waals surface area contributed by atoms with Gasteiger partial charge in [-0.05, 0) is 68.7 Å². The van der Waals surface area contributed by atoms with Gasteiger partial charge in [0.2, 0.25) is 0 Å². The normalized spacial score (nSPS) is 40.3. The number of hydrogen-bond donors (Lipinski definition) is 4. The predicted octanol–water partition coefficient (Wildman–Crippen LogP) is 0.605. The van der Waals surface area contributed by atoms with Crippen LogP contribution in [0.4, 0.5) is 0 Å². The van der Waals surface area contributed by atoms with Gasteiger partial charge < -0.3 is 16.2 Å². The molecule has 0 aromatic carbocycles. The number of nitrogens with one attached hydrogen (secondary N) is 1. The first-order valence-electron chi connectivity index (χ1n) is 8.32. The molecule has 0 saturated heterocycles. The molecule has 132 valence electrons. The lowest BCUT2D eigenvalue weighted by atomic mass is 9.45. The quantitative estimate of drug-likeness (QED) is 0.392. The number of nitrogens with two attached hydrogens (primary N) is 1. The van der Waals surface area contributed by atoms with Crippen molar-refractivity contribution in [1.82, 2.24) is 5.32 Å². The summed E-state index contributed by atoms with van der Waals surface area (Å²) in [6.07, 6.45) is 6.09. The summed E-state index contributed by atoms with van der Waals surface area (Å²) in [6.45, 7) is 0.512. The van der Waals surface area contributed by atoms with E-state index in [4.69, 9.17) is 10.3 Å². The molecule has 3 atom stereocenters. The van der Waals surface area contributed by atoms with Crippen LogP contribution in [0.1, 0.15) is 44.9 Å². The molecule has 7 nitrogen and oxygen atoms in total. The number of carbonyl (C=O) groups is 1. The van der Waals surface area contributed by atoms with Crippen LogP contribution in [0.3, 0.4) is 0 Å². The third-order valence-electron chi connectivity index (χ3n) is 6.11. The van der Waals surface area contributed by atoms with Crippen LogP contribution in [0.25, 0.3) is 0 Å². The summed E-state index contributed by atoms with van der Waals surface area (Å²) in [5.74, 6) is -0.150. The molecule has 2 unspecified atom stereocenters. The molecule has 0 heterocycles. The van der Waals surface area contributed by atoms with Crippen LogP contribution in [0.2, 0.25) is 0 Å². The van der Waals surface area contributed by atoms with Crippen molar-refractivity contribution < 1.29 is 22.9 Å². The topological polar surface area (TPSA) is 130 Å². The van der Waals surface area contributed by atoms with Gasteiger partial charge in [0, 0.05) is 5.54 Å². The van der Waals surface area contributed by atoms with Crippen molar-refractivity contribution in [2.75, 3.05) is 12.3 Å². The molecule has 4 saturated carbocycles. The standard InChI is InChI=1S/C15H26N2O5S/c16-12(13(18)19)14-5-10-4-11(6-14)8-15(7-10,9-14)17-2-1-3-23(20,21)22/h10-12,17H,1-9,16H2,(H,18,19)(H,20,21,22)/t10?,11?,12-,14?,15?/m1/s1. The van der Waals surface area contributed by atoms with Crippen molar-refractivity contribution in [3.05, 3.63) is 0 Å². The average Bonchev–Trinajstić information content (AvgIpc) is 2.40. The van der Waals surface area contributed by atoms with E-state index in [0.717, 1.165) is 38.5 Å². The van der Waals surface area contributed by atoms with E-state index in [2.05, 4.69) is 5.32 Å². The summed E-state index contributed by atoms with van der Waals surface area (Å²) in [6, 6.07) is -0.826. The Morgan fingerprint density at radius 3 is 2.39 bits per heavy atom. The smallest absolute Gasteiger partial charge is 0.321 e. The third kappa shape index (κ3) is 3.40. The largest absolute Gasteiger partial charge is 0.480 e. The Labute approximate surface area is 136 Å². The zero-order chi connectivity index (χ0) is 16.9. The van der Waals surface area contributed by atoms with Gasteiger partial charge in [0.05, 0.1) is 5.75 Å². The van der Waals surface area contributed by atoms with Gasteiger partial charge in [0.25, 0.3) is 10.1 Å². The van der Waals surface area contributed by atoms with Crippen LogP contribution in [-0.4, -0.2) is 47.9 Å². The van der Waals surface area contributed by atoms with E-state index in [9.17, 15) is 18.3 Å². The second-order valence-corrected chi connectivity index (χ2v) is 9.56. The minimum Gasteiger partial charge on any atom is -0.480 e. The van der Waals surface area contributed by atoms with Crippen LogP contribution in [-0.2, 0) is 14.9 Å². The number of hydrogen-bond acceptors (Lipinski definition) is 5. The van der Waals surface area contributed by atoms with Crippen LogP contribution in [0.5, 0.6) is 0 Å². The van der Waals surface area contributed by atoms with Crippen molar-refractivity contribution in [1.29, 1.82) is 0 Å². The molecule has 4 aliphatic rings. The maximum absolute atomic E-state index is 11.5. The second-order valence-electron chi connectivity index (χ2n) is 7.99. The Hall–Kier alpha value is -0.700. The SMILES string of the molecule is N[C@H](C(=O)O)C12CC3CC(CC(NCCCS(=O)(=O)O)(C3)C1)C2. The van der Waals surface area contributed by atoms with Gasteiger partial charge in [0.15, 0.2) is 0 Å². The molecule has 4 bridgehead atoms. The highest BCUT2D eigenvalue weighted by Crippen LogP contribution is 2.62. The Kier molecular flexibility index (Phi) is 4.23. The number of carboxylic acids is 1. The molecule has 4 aliphatic carbocycles. The molecule has 4 fully saturated rings. The zero-order valence-electron chi connectivity index (χ0n) is 13.2. The summed E-state index contributed by atoms with van der Waals surface area (Å²) in [5, 5.41) is 12.9. The van der Waals surface area contributed by atoms with E-state index >= 15 is 0 Å². The summed E-state index contributed by atoms with van der Waals surface area (Å²) in [7, 11) is -3.93. The van der Waals surface area contributed by atoms with Crippen molar-refractivity contribution in [3.63, 3.8) is 0 Å². The first kappa shape index (κ1) is 17.1. The lowest BCUT2D eigenvalue weighted by Gasteiger charge is -2.63. The highest BCUT2D eigenvalue weighted by atomic mass is 32.2. The molecular weight excluding hydrogens is 320 g/mol. The minimum atomic E-state index is -3.93. The maximum atomic E-state index is 11.5. The van der Waals surface area contributed by atoms with E-state index in [0.29, 0.717) is 24.8 Å². The average molecular weight is 346 g/mol. The van der Waals surface area contributed by atoms with Crippen LogP contribution in [0.15, 0.2) is 0 Å². The van der Waals surface area contributed by atoms with Gasteiger partial charge in [0.1, 0.15) is 6.04 Å². The van der Waals surface area contributed by atoms with E-state index < -0.39 is 22.1 Å². The molecule has 23 heavy (non-hydrogen) atoms. The molecule has 0 aromatic rings. The zero-order valence-corrected chi connectivity index (χ0v) is 14.0. The Bertz CT molecular complexity index is 577. The predicted molar refractivity (Wildman–Crippen MR) is 84.5 cm³/mol. The molecule has 0 aromatic heterocycles. The van der Waals surface area contributed by atoms with Crippen molar-refractivity contribution in [2.24, 2.45) is 23.0 Å². The molecule has 4 rings (SSSR count). The van der Waals surface area contributed by atoms with Gasteiger partial charge in [-0.15, -0.1) is 0 Å². The minimum absolute atomic E-state index is 0.115. The van der Waals surface area contributed by atoms with Gasteiger partial charge in [-0.3, -0.25) is 9.35 Å². The summed E-state index contributed by atoms with van der Waals surface area (Å²) >= 11 is 0. The first-order chi connectivity index (χ1) is 10.6. The third-order valence-corrected chi connectivity index (χ3v) is 6.92. The molecule has 0 aliphatic heterocycles. The van der Waals surface area contributed by atoms with E-state index in [1.165, 1.54) is 0 Å². The van der Waals surface area contributed by atoms with Gasteiger partial charge in [-0.25, -0.2) is 0 Å². The second kappa shape index (κ2) is 5.68. The highest BCUT2D eigenvalue weighted by Gasteiger charge is 2.60. The van der Waals surface area contributed by atoms with Gasteiger partial charge >= 0.3 is 5.97 Å². The Morgan fingerprint density at radius 1 is 1.26 bits per heavy atom. The molecule has 0 spiro atoms. The van der Waals surface area contributed by atoms with Crippen molar-refractivity contribution >= 4 is 16.1 Å². The van der Waals surface area contributed by atoms with Gasteiger partial charge in [-0.1, -0.05) is 0 Å². The van der Waals surface area contributed by atoms with Crippen LogP contribution >= 0.6 is 0 Å². The van der Waals surface area contributed by atoms with E-state index in [1.807, 2.05) is 0 Å².